The molecule has 0 aliphatic carbocycles. The number of carbonyl (C=O) groups excluding carboxylic acids is 3. The van der Waals surface area contributed by atoms with Crippen LogP contribution in [0.25, 0.3) is 0 Å². The van der Waals surface area contributed by atoms with Gasteiger partial charge in [-0.05, 0) is 13.8 Å². The highest BCUT2D eigenvalue weighted by molar-refractivity contribution is 5.91. The molecular weight excluding hydrogens is 308 g/mol. The van der Waals surface area contributed by atoms with E-state index >= 15 is 0 Å². The summed E-state index contributed by atoms with van der Waals surface area (Å²) in [6.45, 7) is 8.86. The van der Waals surface area contributed by atoms with Gasteiger partial charge in [0.15, 0.2) is 6.10 Å². The number of aliphatic carboxylic acids is 1. The second-order valence-corrected chi connectivity index (χ2v) is 4.49. The van der Waals surface area contributed by atoms with Crippen molar-refractivity contribution in [3.8, 4) is 0 Å². The van der Waals surface area contributed by atoms with Crippen LogP contribution in [0, 0.1) is 0 Å². The number of carboxylic acids is 1. The quantitative estimate of drug-likeness (QED) is 0.375. The van der Waals surface area contributed by atoms with Crippen molar-refractivity contribution in [2.24, 2.45) is 0 Å². The Bertz CT molecular complexity index is 514. The monoisotopic (exact) mass is 326 g/mol. The Labute approximate surface area is 133 Å². The van der Waals surface area contributed by atoms with Crippen LogP contribution in [0.1, 0.15) is 13.8 Å². The molecule has 0 spiro atoms. The normalized spacial score (nSPS) is 10.2. The first-order chi connectivity index (χ1) is 10.6. The summed E-state index contributed by atoms with van der Waals surface area (Å²) >= 11 is 0. The van der Waals surface area contributed by atoms with Crippen molar-refractivity contribution in [3.05, 3.63) is 36.5 Å². The van der Waals surface area contributed by atoms with E-state index in [-0.39, 0.29) is 24.4 Å². The molecule has 1 N–H and O–H groups in total. The zero-order valence-corrected chi connectivity index (χ0v) is 12.9. The van der Waals surface area contributed by atoms with Crippen LogP contribution in [0.3, 0.4) is 0 Å². The average Bonchev–Trinajstić information content (AvgIpc) is 2.46. The minimum absolute atomic E-state index is 0.139. The molecule has 0 aromatic rings. The lowest BCUT2D eigenvalue weighted by atomic mass is 10.3. The number of rotatable bonds is 9. The SMILES string of the molecule is C=C(C)C(=O)OCC(COC(=O)C(=C)C)OC(=O)/C=C\C(=O)O. The summed E-state index contributed by atoms with van der Waals surface area (Å²) in [4.78, 5) is 44.4. The first-order valence-electron chi connectivity index (χ1n) is 6.40. The van der Waals surface area contributed by atoms with Crippen molar-refractivity contribution in [2.45, 2.75) is 20.0 Å². The molecule has 8 nitrogen and oxygen atoms in total. The molecule has 0 unspecified atom stereocenters. The third-order valence-electron chi connectivity index (χ3n) is 2.14. The molecule has 0 amide bonds. The number of hydrogen-bond donors (Lipinski definition) is 1. The van der Waals surface area contributed by atoms with Gasteiger partial charge in [-0.15, -0.1) is 0 Å². The van der Waals surface area contributed by atoms with Crippen LogP contribution in [0.15, 0.2) is 36.5 Å². The van der Waals surface area contributed by atoms with E-state index in [9.17, 15) is 19.2 Å². The number of carbonyl (C=O) groups is 4. The second kappa shape index (κ2) is 9.93. The highest BCUT2D eigenvalue weighted by atomic mass is 16.6. The lowest BCUT2D eigenvalue weighted by Crippen LogP contribution is -2.30. The third-order valence-corrected chi connectivity index (χ3v) is 2.14. The van der Waals surface area contributed by atoms with Crippen LogP contribution in [0.2, 0.25) is 0 Å². The number of ether oxygens (including phenoxy) is 3. The van der Waals surface area contributed by atoms with Gasteiger partial charge in [0.05, 0.1) is 0 Å². The van der Waals surface area contributed by atoms with Crippen molar-refractivity contribution in [3.63, 3.8) is 0 Å². The van der Waals surface area contributed by atoms with Crippen molar-refractivity contribution >= 4 is 23.9 Å². The van der Waals surface area contributed by atoms with E-state index in [0.29, 0.717) is 12.2 Å². The Balaban J connectivity index is 4.71. The van der Waals surface area contributed by atoms with Gasteiger partial charge in [0.25, 0.3) is 0 Å². The summed E-state index contributed by atoms with van der Waals surface area (Å²) in [5.74, 6) is -3.74. The van der Waals surface area contributed by atoms with Crippen molar-refractivity contribution in [1.82, 2.24) is 0 Å². The van der Waals surface area contributed by atoms with Crippen LogP contribution in [0.4, 0.5) is 0 Å². The fourth-order valence-electron chi connectivity index (χ4n) is 1.04. The maximum atomic E-state index is 11.4. The predicted octanol–water partition coefficient (Wildman–Crippen LogP) is 0.778. The van der Waals surface area contributed by atoms with Gasteiger partial charge in [-0.25, -0.2) is 19.2 Å². The number of esters is 3. The van der Waals surface area contributed by atoms with Crippen LogP contribution < -0.4 is 0 Å². The van der Waals surface area contributed by atoms with E-state index in [1.807, 2.05) is 0 Å². The maximum Gasteiger partial charge on any atom is 0.333 e. The highest BCUT2D eigenvalue weighted by Crippen LogP contribution is 2.02. The van der Waals surface area contributed by atoms with Gasteiger partial charge in [0.1, 0.15) is 13.2 Å². The van der Waals surface area contributed by atoms with E-state index < -0.39 is 30.0 Å². The molecule has 0 bridgehead atoms. The molecule has 0 aliphatic rings. The van der Waals surface area contributed by atoms with Crippen molar-refractivity contribution < 1.29 is 38.5 Å². The van der Waals surface area contributed by atoms with Gasteiger partial charge in [-0.2, -0.15) is 0 Å². The molecule has 0 radical (unpaired) electrons. The van der Waals surface area contributed by atoms with Gasteiger partial charge in [-0.1, -0.05) is 13.2 Å². The van der Waals surface area contributed by atoms with Gasteiger partial charge >= 0.3 is 23.9 Å². The summed E-state index contributed by atoms with van der Waals surface area (Å²) in [6.07, 6.45) is 0.155. The minimum atomic E-state index is -1.33. The largest absolute Gasteiger partial charge is 0.478 e. The van der Waals surface area contributed by atoms with Crippen molar-refractivity contribution in [1.29, 1.82) is 0 Å². The standard InChI is InChI=1S/C15H18O8/c1-9(2)14(19)21-7-11(8-22-15(20)10(3)4)23-13(18)6-5-12(16)17/h5-6,11H,1,3,7-8H2,2,4H3,(H,16,17)/b6-5-. The van der Waals surface area contributed by atoms with E-state index in [2.05, 4.69) is 13.2 Å². The number of hydrogen-bond acceptors (Lipinski definition) is 7. The Morgan fingerprint density at radius 3 is 1.74 bits per heavy atom. The molecule has 8 heteroatoms. The average molecular weight is 326 g/mol. The Hall–Kier alpha value is -2.90. The van der Waals surface area contributed by atoms with E-state index in [1.54, 1.807) is 0 Å². The molecule has 0 aromatic heterocycles. The smallest absolute Gasteiger partial charge is 0.333 e. The minimum Gasteiger partial charge on any atom is -0.478 e. The van der Waals surface area contributed by atoms with Gasteiger partial charge in [0.2, 0.25) is 0 Å². The lowest BCUT2D eigenvalue weighted by molar-refractivity contribution is -0.160. The fraction of sp³-hybridized carbons (Fsp3) is 0.333. The zero-order valence-electron chi connectivity index (χ0n) is 12.9. The molecule has 0 heterocycles. The first kappa shape index (κ1) is 20.1. The molecule has 23 heavy (non-hydrogen) atoms. The summed E-state index contributed by atoms with van der Waals surface area (Å²) in [5.41, 5.74) is 0.277. The Morgan fingerprint density at radius 2 is 1.39 bits per heavy atom. The molecular formula is C15H18O8. The molecule has 0 atom stereocenters. The van der Waals surface area contributed by atoms with E-state index in [0.717, 1.165) is 0 Å². The molecule has 0 rings (SSSR count). The third kappa shape index (κ3) is 9.62. The summed E-state index contributed by atoms with van der Waals surface area (Å²) in [7, 11) is 0. The second-order valence-electron chi connectivity index (χ2n) is 4.49. The van der Waals surface area contributed by atoms with Crippen molar-refractivity contribution in [2.75, 3.05) is 13.2 Å². The molecule has 126 valence electrons. The van der Waals surface area contributed by atoms with Gasteiger partial charge < -0.3 is 19.3 Å². The topological polar surface area (TPSA) is 116 Å². The van der Waals surface area contributed by atoms with Crippen LogP contribution >= 0.6 is 0 Å². The molecule has 0 aliphatic heterocycles. The first-order valence-corrected chi connectivity index (χ1v) is 6.40. The predicted molar refractivity (Wildman–Crippen MR) is 78.2 cm³/mol. The molecule has 0 aromatic carbocycles. The lowest BCUT2D eigenvalue weighted by Gasteiger charge is -2.17. The summed E-state index contributed by atoms with van der Waals surface area (Å²) < 4.78 is 14.5. The van der Waals surface area contributed by atoms with E-state index in [4.69, 9.17) is 19.3 Å². The molecule has 0 saturated heterocycles. The Morgan fingerprint density at radius 1 is 0.957 bits per heavy atom. The number of carboxylic acid groups (broad SMARTS) is 1. The molecule has 0 fully saturated rings. The molecule has 0 saturated carbocycles. The van der Waals surface area contributed by atoms with Crippen LogP contribution in [0.5, 0.6) is 0 Å². The summed E-state index contributed by atoms with van der Waals surface area (Å²) in [5, 5.41) is 8.42. The van der Waals surface area contributed by atoms with E-state index in [1.165, 1.54) is 13.8 Å². The van der Waals surface area contributed by atoms with Gasteiger partial charge in [0, 0.05) is 23.3 Å². The Kier molecular flexibility index (Phi) is 8.68. The van der Waals surface area contributed by atoms with Crippen LogP contribution in [-0.2, 0) is 33.4 Å². The zero-order chi connectivity index (χ0) is 18.0. The van der Waals surface area contributed by atoms with Gasteiger partial charge in [-0.3, -0.25) is 0 Å². The maximum absolute atomic E-state index is 11.4. The summed E-state index contributed by atoms with van der Waals surface area (Å²) in [6, 6.07) is 0. The van der Waals surface area contributed by atoms with Crippen LogP contribution in [-0.4, -0.2) is 48.3 Å². The fourth-order valence-corrected chi connectivity index (χ4v) is 1.04. The highest BCUT2D eigenvalue weighted by Gasteiger charge is 2.19.